The second-order valence-electron chi connectivity index (χ2n) is 7.39. The molecule has 4 rings (SSSR count). The van der Waals surface area contributed by atoms with Gasteiger partial charge >= 0.3 is 0 Å². The molecule has 0 radical (unpaired) electrons. The Bertz CT molecular complexity index is 1080. The number of pyridine rings is 1. The van der Waals surface area contributed by atoms with E-state index in [1.54, 1.807) is 30.5 Å². The van der Waals surface area contributed by atoms with Crippen molar-refractivity contribution in [3.05, 3.63) is 42.7 Å². The van der Waals surface area contributed by atoms with Crippen LogP contribution in [0.4, 0.5) is 11.4 Å². The number of amides is 2. The first-order valence-corrected chi connectivity index (χ1v) is 9.55. The van der Waals surface area contributed by atoms with Crippen LogP contribution in [0.1, 0.15) is 26.3 Å². The smallest absolute Gasteiger partial charge is 0.229 e. The Morgan fingerprint density at radius 3 is 2.83 bits per heavy atom. The largest absolute Gasteiger partial charge is 0.495 e. The average Bonchev–Trinajstić information content (AvgIpc) is 3.31. The Hall–Kier alpha value is -3.42. The lowest BCUT2D eigenvalue weighted by Gasteiger charge is -2.19. The van der Waals surface area contributed by atoms with E-state index in [1.165, 1.54) is 0 Å². The monoisotopic (exact) mass is 393 g/mol. The molecule has 8 nitrogen and oxygen atoms in total. The van der Waals surface area contributed by atoms with Gasteiger partial charge in [-0.25, -0.2) is 9.67 Å². The van der Waals surface area contributed by atoms with Crippen molar-refractivity contribution in [2.75, 3.05) is 23.9 Å². The van der Waals surface area contributed by atoms with E-state index in [0.29, 0.717) is 23.7 Å². The summed E-state index contributed by atoms with van der Waals surface area (Å²) in [6, 6.07) is 9.36. The second-order valence-corrected chi connectivity index (χ2v) is 7.39. The van der Waals surface area contributed by atoms with Crippen molar-refractivity contribution in [1.29, 1.82) is 0 Å². The number of methoxy groups -OCH3 is 1. The molecule has 29 heavy (non-hydrogen) atoms. The second kappa shape index (κ2) is 7.54. The van der Waals surface area contributed by atoms with Gasteiger partial charge in [0, 0.05) is 24.4 Å². The van der Waals surface area contributed by atoms with Gasteiger partial charge in [0.05, 0.1) is 36.8 Å². The van der Waals surface area contributed by atoms with Crippen LogP contribution in [0.25, 0.3) is 11.0 Å². The zero-order valence-electron chi connectivity index (χ0n) is 16.6. The molecule has 150 valence electrons. The average molecular weight is 393 g/mol. The van der Waals surface area contributed by atoms with Crippen molar-refractivity contribution in [3.8, 4) is 5.75 Å². The molecule has 1 aliphatic heterocycles. The maximum absolute atomic E-state index is 12.8. The van der Waals surface area contributed by atoms with E-state index in [4.69, 9.17) is 4.74 Å². The topological polar surface area (TPSA) is 89.3 Å². The van der Waals surface area contributed by atoms with Crippen LogP contribution in [0.3, 0.4) is 0 Å². The SMILES string of the molecule is COc1ccccc1N1CC(C(=O)Nc2cnc3c(cnn3C(C)C)c2)CC1=O. The lowest BCUT2D eigenvalue weighted by atomic mass is 10.1. The highest BCUT2D eigenvalue weighted by atomic mass is 16.5. The zero-order valence-corrected chi connectivity index (χ0v) is 16.6. The molecule has 0 aliphatic carbocycles. The molecular formula is C21H23N5O3. The predicted octanol–water partition coefficient (Wildman–Crippen LogP) is 3.01. The Labute approximate surface area is 168 Å². The number of nitrogens with one attached hydrogen (secondary N) is 1. The maximum atomic E-state index is 12.8. The number of aromatic nitrogens is 3. The van der Waals surface area contributed by atoms with Gasteiger partial charge in [-0.3, -0.25) is 9.59 Å². The molecule has 2 aromatic heterocycles. The van der Waals surface area contributed by atoms with Crippen molar-refractivity contribution < 1.29 is 14.3 Å². The molecule has 1 atom stereocenters. The number of para-hydroxylation sites is 2. The fourth-order valence-electron chi connectivity index (χ4n) is 3.60. The highest BCUT2D eigenvalue weighted by molar-refractivity contribution is 6.04. The maximum Gasteiger partial charge on any atom is 0.229 e. The van der Waals surface area contributed by atoms with Gasteiger partial charge in [0.15, 0.2) is 5.65 Å². The highest BCUT2D eigenvalue weighted by Gasteiger charge is 2.36. The zero-order chi connectivity index (χ0) is 20.5. The van der Waals surface area contributed by atoms with Crippen molar-refractivity contribution in [3.63, 3.8) is 0 Å². The molecule has 1 unspecified atom stereocenters. The summed E-state index contributed by atoms with van der Waals surface area (Å²) in [4.78, 5) is 31.3. The number of rotatable bonds is 5. The van der Waals surface area contributed by atoms with Crippen molar-refractivity contribution >= 4 is 34.2 Å². The van der Waals surface area contributed by atoms with E-state index < -0.39 is 5.92 Å². The fraction of sp³-hybridized carbons (Fsp3) is 0.333. The summed E-state index contributed by atoms with van der Waals surface area (Å²) in [7, 11) is 1.56. The highest BCUT2D eigenvalue weighted by Crippen LogP contribution is 2.33. The van der Waals surface area contributed by atoms with Gasteiger partial charge in [0.2, 0.25) is 11.8 Å². The van der Waals surface area contributed by atoms with Gasteiger partial charge in [-0.05, 0) is 32.0 Å². The van der Waals surface area contributed by atoms with Crippen LogP contribution < -0.4 is 15.0 Å². The third kappa shape index (κ3) is 3.53. The number of benzene rings is 1. The van der Waals surface area contributed by atoms with Crippen LogP contribution >= 0.6 is 0 Å². The molecule has 0 saturated carbocycles. The number of ether oxygens (including phenoxy) is 1. The van der Waals surface area contributed by atoms with Crippen molar-refractivity contribution in [2.45, 2.75) is 26.3 Å². The molecule has 8 heteroatoms. The quantitative estimate of drug-likeness (QED) is 0.720. The standard InChI is InChI=1S/C21H23N5O3/c1-13(2)26-20-14(10-23-26)8-16(11-22-20)24-21(28)15-9-19(27)25(12-15)17-6-4-5-7-18(17)29-3/h4-8,10-11,13,15H,9,12H2,1-3H3,(H,24,28). The number of hydrogen-bond acceptors (Lipinski definition) is 5. The Morgan fingerprint density at radius 1 is 1.28 bits per heavy atom. The summed E-state index contributed by atoms with van der Waals surface area (Å²) in [5.41, 5.74) is 2.05. The molecule has 1 aliphatic rings. The summed E-state index contributed by atoms with van der Waals surface area (Å²) in [6.07, 6.45) is 3.51. The van der Waals surface area contributed by atoms with E-state index in [-0.39, 0.29) is 24.3 Å². The van der Waals surface area contributed by atoms with Crippen LogP contribution in [-0.4, -0.2) is 40.2 Å². The van der Waals surface area contributed by atoms with E-state index in [1.807, 2.05) is 42.8 Å². The van der Waals surface area contributed by atoms with E-state index in [2.05, 4.69) is 15.4 Å². The van der Waals surface area contributed by atoms with Crippen LogP contribution in [0, 0.1) is 5.92 Å². The number of fused-ring (bicyclic) bond motifs is 1. The first-order chi connectivity index (χ1) is 14.0. The molecule has 1 aromatic carbocycles. The molecule has 1 N–H and O–H groups in total. The van der Waals surface area contributed by atoms with Crippen molar-refractivity contribution in [1.82, 2.24) is 14.8 Å². The summed E-state index contributed by atoms with van der Waals surface area (Å²) >= 11 is 0. The number of carbonyl (C=O) groups excluding carboxylic acids is 2. The number of nitrogens with zero attached hydrogens (tertiary/aromatic N) is 4. The lowest BCUT2D eigenvalue weighted by molar-refractivity contribution is -0.122. The van der Waals surface area contributed by atoms with Gasteiger partial charge in [0.1, 0.15) is 5.75 Å². The van der Waals surface area contributed by atoms with Gasteiger partial charge in [0.25, 0.3) is 0 Å². The summed E-state index contributed by atoms with van der Waals surface area (Å²) in [5, 5.41) is 8.08. The van der Waals surface area contributed by atoms with Crippen LogP contribution in [0.2, 0.25) is 0 Å². The third-order valence-corrected chi connectivity index (χ3v) is 5.06. The third-order valence-electron chi connectivity index (χ3n) is 5.06. The minimum absolute atomic E-state index is 0.0959. The Kier molecular flexibility index (Phi) is 4.92. The lowest BCUT2D eigenvalue weighted by Crippen LogP contribution is -2.28. The van der Waals surface area contributed by atoms with Gasteiger partial charge in [-0.2, -0.15) is 5.10 Å². The van der Waals surface area contributed by atoms with E-state index >= 15 is 0 Å². The van der Waals surface area contributed by atoms with Crippen LogP contribution in [0.15, 0.2) is 42.7 Å². The number of carbonyl (C=O) groups is 2. The van der Waals surface area contributed by atoms with Gasteiger partial charge in [-0.15, -0.1) is 0 Å². The minimum Gasteiger partial charge on any atom is -0.495 e. The molecule has 1 saturated heterocycles. The molecule has 1 fully saturated rings. The van der Waals surface area contributed by atoms with E-state index in [9.17, 15) is 9.59 Å². The molecule has 3 heterocycles. The first-order valence-electron chi connectivity index (χ1n) is 9.55. The molecular weight excluding hydrogens is 370 g/mol. The first kappa shape index (κ1) is 18.9. The van der Waals surface area contributed by atoms with Gasteiger partial charge in [-0.1, -0.05) is 12.1 Å². The number of anilines is 2. The predicted molar refractivity (Wildman–Crippen MR) is 110 cm³/mol. The van der Waals surface area contributed by atoms with Crippen LogP contribution in [0.5, 0.6) is 5.75 Å². The normalized spacial score (nSPS) is 16.6. The summed E-state index contributed by atoms with van der Waals surface area (Å²) in [6.45, 7) is 4.38. The molecule has 3 aromatic rings. The van der Waals surface area contributed by atoms with Gasteiger partial charge < -0.3 is 15.0 Å². The molecule has 0 bridgehead atoms. The Balaban J connectivity index is 1.49. The van der Waals surface area contributed by atoms with Crippen LogP contribution in [-0.2, 0) is 9.59 Å². The summed E-state index contributed by atoms with van der Waals surface area (Å²) < 4.78 is 7.18. The molecule has 2 amide bonds. The fourth-order valence-corrected chi connectivity index (χ4v) is 3.60. The minimum atomic E-state index is -0.443. The number of hydrogen-bond donors (Lipinski definition) is 1. The van der Waals surface area contributed by atoms with E-state index in [0.717, 1.165) is 11.0 Å². The summed E-state index contributed by atoms with van der Waals surface area (Å²) in [5.74, 6) is -0.130. The molecule has 0 spiro atoms. The Morgan fingerprint density at radius 2 is 2.07 bits per heavy atom. The van der Waals surface area contributed by atoms with Crippen molar-refractivity contribution in [2.24, 2.45) is 5.92 Å².